The second-order valence-corrected chi connectivity index (χ2v) is 13.5. The van der Waals surface area contributed by atoms with Crippen LogP contribution in [0.25, 0.3) is 32.6 Å². The van der Waals surface area contributed by atoms with Gasteiger partial charge in [-0.3, -0.25) is 4.79 Å². The zero-order valence-corrected chi connectivity index (χ0v) is 27.6. The number of esters is 1. The Kier molecular flexibility index (Phi) is 8.76. The molecule has 0 radical (unpaired) electrons. The summed E-state index contributed by atoms with van der Waals surface area (Å²) in [6, 6.07) is 13.9. The predicted octanol–water partition coefficient (Wildman–Crippen LogP) is 10.2. The van der Waals surface area contributed by atoms with Crippen molar-refractivity contribution in [3.8, 4) is 16.5 Å². The van der Waals surface area contributed by atoms with Gasteiger partial charge >= 0.3 is 18.3 Å². The average Bonchev–Trinajstić information content (AvgIpc) is 3.76. The summed E-state index contributed by atoms with van der Waals surface area (Å²) in [5.41, 5.74) is 0.465. The van der Waals surface area contributed by atoms with Crippen molar-refractivity contribution in [2.45, 2.75) is 58.1 Å². The number of hydrogen-bond donors (Lipinski definition) is 0. The lowest BCUT2D eigenvalue weighted by atomic mass is 9.93. The Morgan fingerprint density at radius 2 is 1.61 bits per heavy atom. The van der Waals surface area contributed by atoms with Gasteiger partial charge in [0, 0.05) is 38.8 Å². The second-order valence-electron chi connectivity index (χ2n) is 12.6. The van der Waals surface area contributed by atoms with Gasteiger partial charge in [0.2, 0.25) is 0 Å². The smallest absolute Gasteiger partial charge is 0.416 e. The zero-order valence-electron chi connectivity index (χ0n) is 26.8. The number of aromatic nitrogens is 2. The third-order valence-electron chi connectivity index (χ3n) is 8.04. The van der Waals surface area contributed by atoms with Crippen LogP contribution < -0.4 is 4.74 Å². The number of alkyl halides is 6. The van der Waals surface area contributed by atoms with Gasteiger partial charge in [-0.2, -0.15) is 26.3 Å². The second kappa shape index (κ2) is 12.6. The van der Waals surface area contributed by atoms with Gasteiger partial charge in [-0.15, -0.1) is 11.3 Å². The number of carbonyl (C=O) groups is 1. The SMILES string of the molecule is COC(=O)Cc1cn(Cc2c(-c3nc(C(C)(C)C)cs3)oc3ccccc23)c2ccc(OCc3cc(C(F)(F)F)cc(C(F)(F)F)c3)cc12. The lowest BCUT2D eigenvalue weighted by molar-refractivity contribution is -0.143. The molecule has 13 heteroatoms. The molecule has 0 bridgehead atoms. The van der Waals surface area contributed by atoms with Crippen LogP contribution in [0.4, 0.5) is 26.3 Å². The van der Waals surface area contributed by atoms with E-state index in [1.165, 1.54) is 18.4 Å². The molecule has 3 heterocycles. The van der Waals surface area contributed by atoms with E-state index in [1.54, 1.807) is 18.2 Å². The third-order valence-corrected chi connectivity index (χ3v) is 8.89. The quantitative estimate of drug-likeness (QED) is 0.117. The number of halogens is 6. The van der Waals surface area contributed by atoms with Crippen molar-refractivity contribution in [2.24, 2.45) is 0 Å². The molecule has 0 atom stereocenters. The molecule has 6 aromatic rings. The highest BCUT2D eigenvalue weighted by Gasteiger charge is 2.37. The van der Waals surface area contributed by atoms with Crippen molar-refractivity contribution in [1.82, 2.24) is 9.55 Å². The first-order valence-electron chi connectivity index (χ1n) is 15.1. The molecule has 49 heavy (non-hydrogen) atoms. The summed E-state index contributed by atoms with van der Waals surface area (Å²) in [6.07, 6.45) is -8.24. The highest BCUT2D eigenvalue weighted by atomic mass is 32.1. The minimum absolute atomic E-state index is 0.0734. The molecule has 256 valence electrons. The summed E-state index contributed by atoms with van der Waals surface area (Å²) in [4.78, 5) is 17.3. The highest BCUT2D eigenvalue weighted by Crippen LogP contribution is 2.40. The summed E-state index contributed by atoms with van der Waals surface area (Å²) in [6.45, 7) is 6.02. The lowest BCUT2D eigenvalue weighted by Gasteiger charge is -2.15. The number of para-hydroxylation sites is 1. The summed E-state index contributed by atoms with van der Waals surface area (Å²) in [5, 5.41) is 4.22. The van der Waals surface area contributed by atoms with E-state index in [-0.39, 0.29) is 29.2 Å². The Morgan fingerprint density at radius 1 is 0.918 bits per heavy atom. The maximum Gasteiger partial charge on any atom is 0.416 e. The Hall–Kier alpha value is -4.78. The molecule has 0 saturated carbocycles. The molecule has 0 N–H and O–H groups in total. The molecule has 6 nitrogen and oxygen atoms in total. The Labute approximate surface area is 280 Å². The number of fused-ring (bicyclic) bond motifs is 2. The van der Waals surface area contributed by atoms with E-state index in [9.17, 15) is 31.1 Å². The number of nitrogens with zero attached hydrogens (tertiary/aromatic N) is 2. The van der Waals surface area contributed by atoms with Crippen molar-refractivity contribution >= 4 is 39.2 Å². The number of ether oxygens (including phenoxy) is 2. The maximum absolute atomic E-state index is 13.4. The first-order chi connectivity index (χ1) is 23.0. The van der Waals surface area contributed by atoms with Gasteiger partial charge in [-0.1, -0.05) is 39.0 Å². The molecule has 0 aliphatic rings. The molecule has 6 rings (SSSR count). The van der Waals surface area contributed by atoms with E-state index in [4.69, 9.17) is 18.9 Å². The van der Waals surface area contributed by atoms with Gasteiger partial charge in [-0.05, 0) is 53.6 Å². The van der Waals surface area contributed by atoms with Crippen LogP contribution >= 0.6 is 11.3 Å². The Morgan fingerprint density at radius 3 is 2.24 bits per heavy atom. The molecule has 0 aliphatic carbocycles. The van der Waals surface area contributed by atoms with Crippen LogP contribution in [0.15, 0.2) is 76.7 Å². The predicted molar refractivity (Wildman–Crippen MR) is 174 cm³/mol. The molecule has 0 fully saturated rings. The van der Waals surface area contributed by atoms with Crippen LogP contribution in [0.5, 0.6) is 5.75 Å². The summed E-state index contributed by atoms with van der Waals surface area (Å²) in [5.74, 6) is 0.313. The van der Waals surface area contributed by atoms with Crippen molar-refractivity contribution in [3.63, 3.8) is 0 Å². The number of benzene rings is 3. The van der Waals surface area contributed by atoms with Crippen LogP contribution in [0.2, 0.25) is 0 Å². The Balaban J connectivity index is 1.38. The average molecular weight is 701 g/mol. The number of furan rings is 1. The lowest BCUT2D eigenvalue weighted by Crippen LogP contribution is -2.12. The number of hydrogen-bond acceptors (Lipinski definition) is 6. The maximum atomic E-state index is 13.4. The first kappa shape index (κ1) is 34.1. The summed E-state index contributed by atoms with van der Waals surface area (Å²) >= 11 is 1.48. The van der Waals surface area contributed by atoms with E-state index in [0.717, 1.165) is 21.7 Å². The first-order valence-corrected chi connectivity index (χ1v) is 16.0. The van der Waals surface area contributed by atoms with Crippen LogP contribution in [0.1, 0.15) is 54.3 Å². The van der Waals surface area contributed by atoms with Gasteiger partial charge in [0.15, 0.2) is 10.8 Å². The highest BCUT2D eigenvalue weighted by molar-refractivity contribution is 7.13. The Bertz CT molecular complexity index is 2140. The van der Waals surface area contributed by atoms with E-state index in [0.29, 0.717) is 46.5 Å². The van der Waals surface area contributed by atoms with Crippen LogP contribution in [0, 0.1) is 0 Å². The summed E-state index contributed by atoms with van der Waals surface area (Å²) < 4.78 is 99.2. The molecule has 0 spiro atoms. The van der Waals surface area contributed by atoms with Crippen LogP contribution in [-0.2, 0) is 46.9 Å². The van der Waals surface area contributed by atoms with Gasteiger partial charge in [0.1, 0.15) is 17.9 Å². The number of carbonyl (C=O) groups excluding carboxylic acids is 1. The number of thiazole rings is 1. The molecule has 0 aliphatic heterocycles. The summed E-state index contributed by atoms with van der Waals surface area (Å²) in [7, 11) is 1.27. The molecule has 0 saturated heterocycles. The molecule has 3 aromatic carbocycles. The molecule has 0 amide bonds. The van der Waals surface area contributed by atoms with E-state index in [1.807, 2.05) is 40.4 Å². The van der Waals surface area contributed by atoms with Gasteiger partial charge in [0.25, 0.3) is 0 Å². The number of rotatable bonds is 8. The topological polar surface area (TPSA) is 66.5 Å². The number of methoxy groups -OCH3 is 1. The standard InChI is InChI=1S/C36H30F6N2O4S/c1-34(2,3)30-19-49-33(43-30)32-27(25-7-5-6-8-29(25)48-32)17-44-16-21(13-31(45)46-4)26-15-24(9-10-28(26)44)47-18-20-11-22(35(37,38)39)14-23(12-20)36(40,41)42/h5-12,14-16,19H,13,17-18H2,1-4H3. The molecular weight excluding hydrogens is 670 g/mol. The minimum atomic E-state index is -4.98. The normalized spacial score (nSPS) is 12.6. The van der Waals surface area contributed by atoms with Crippen molar-refractivity contribution in [3.05, 3.63) is 106 Å². The third kappa shape index (κ3) is 7.17. The fraction of sp³-hybridized carbons (Fsp3) is 0.278. The van der Waals surface area contributed by atoms with Crippen LogP contribution in [0.3, 0.4) is 0 Å². The molecule has 0 unspecified atom stereocenters. The van der Waals surface area contributed by atoms with Crippen LogP contribution in [-0.4, -0.2) is 22.6 Å². The van der Waals surface area contributed by atoms with Crippen molar-refractivity contribution in [1.29, 1.82) is 0 Å². The van der Waals surface area contributed by atoms with Gasteiger partial charge < -0.3 is 18.5 Å². The monoisotopic (exact) mass is 700 g/mol. The molecule has 3 aromatic heterocycles. The van der Waals surface area contributed by atoms with E-state index in [2.05, 4.69) is 20.8 Å². The van der Waals surface area contributed by atoms with Gasteiger partial charge in [0.05, 0.1) is 36.9 Å². The molecular formula is C36H30F6N2O4S. The van der Waals surface area contributed by atoms with E-state index < -0.39 is 36.1 Å². The zero-order chi connectivity index (χ0) is 35.3. The fourth-order valence-corrected chi connectivity index (χ4v) is 6.58. The van der Waals surface area contributed by atoms with Crippen molar-refractivity contribution < 1.29 is 45.0 Å². The fourth-order valence-electron chi connectivity index (χ4n) is 5.53. The van der Waals surface area contributed by atoms with Crippen molar-refractivity contribution in [2.75, 3.05) is 7.11 Å². The largest absolute Gasteiger partial charge is 0.489 e. The van der Waals surface area contributed by atoms with Gasteiger partial charge in [-0.25, -0.2) is 4.98 Å². The minimum Gasteiger partial charge on any atom is -0.489 e. The van der Waals surface area contributed by atoms with E-state index >= 15 is 0 Å².